The van der Waals surface area contributed by atoms with Crippen molar-refractivity contribution in [3.05, 3.63) is 40.9 Å². The van der Waals surface area contributed by atoms with E-state index in [-0.39, 0.29) is 18.1 Å². The van der Waals surface area contributed by atoms with Gasteiger partial charge < -0.3 is 15.2 Å². The first-order valence-corrected chi connectivity index (χ1v) is 7.34. The Kier molecular flexibility index (Phi) is 6.92. The highest BCUT2D eigenvalue weighted by molar-refractivity contribution is 6.31. The molecule has 1 amide bonds. The monoisotopic (exact) mass is 325 g/mol. The summed E-state index contributed by atoms with van der Waals surface area (Å²) in [6.45, 7) is 5.46. The molecule has 0 radical (unpaired) electrons. The van der Waals surface area contributed by atoms with Gasteiger partial charge in [-0.1, -0.05) is 23.8 Å². The van der Waals surface area contributed by atoms with Gasteiger partial charge in [0.2, 0.25) is 0 Å². The number of carboxylic acid groups (broad SMARTS) is 1. The van der Waals surface area contributed by atoms with Gasteiger partial charge in [0.15, 0.2) is 0 Å². The quantitative estimate of drug-likeness (QED) is 0.754. The maximum absolute atomic E-state index is 12.3. The normalized spacial score (nSPS) is 12.4. The van der Waals surface area contributed by atoms with Crippen LogP contribution in [-0.4, -0.2) is 29.1 Å². The number of carbonyl (C=O) groups is 2. The zero-order chi connectivity index (χ0) is 16.7. The molecule has 0 saturated heterocycles. The highest BCUT2D eigenvalue weighted by Crippen LogP contribution is 2.24. The average Bonchev–Trinajstić information content (AvgIpc) is 2.44. The van der Waals surface area contributed by atoms with Crippen LogP contribution < -0.4 is 10.1 Å². The first kappa shape index (κ1) is 18.0. The van der Waals surface area contributed by atoms with Crippen LogP contribution in [0.5, 0.6) is 5.75 Å². The van der Waals surface area contributed by atoms with Gasteiger partial charge in [-0.2, -0.15) is 0 Å². The topological polar surface area (TPSA) is 75.6 Å². The van der Waals surface area contributed by atoms with Crippen molar-refractivity contribution in [2.75, 3.05) is 0 Å². The Balaban J connectivity index is 3.00. The van der Waals surface area contributed by atoms with Crippen LogP contribution in [0, 0.1) is 0 Å². The largest absolute Gasteiger partial charge is 0.490 e. The number of carboxylic acids is 1. The summed E-state index contributed by atoms with van der Waals surface area (Å²) in [5.74, 6) is -1.26. The summed E-state index contributed by atoms with van der Waals surface area (Å²) in [5.41, 5.74) is 0.216. The van der Waals surface area contributed by atoms with Crippen molar-refractivity contribution < 1.29 is 19.4 Å². The molecule has 22 heavy (non-hydrogen) atoms. The third-order valence-electron chi connectivity index (χ3n) is 2.76. The number of carbonyl (C=O) groups excluding carboxylic acids is 1. The second-order valence-corrected chi connectivity index (χ2v) is 5.41. The third-order valence-corrected chi connectivity index (χ3v) is 2.99. The Labute approximate surface area is 134 Å². The molecule has 5 nitrogen and oxygen atoms in total. The summed E-state index contributed by atoms with van der Waals surface area (Å²) in [7, 11) is 0. The molecule has 1 aromatic carbocycles. The first-order valence-electron chi connectivity index (χ1n) is 6.96. The van der Waals surface area contributed by atoms with Gasteiger partial charge in [-0.15, -0.1) is 0 Å². The number of amides is 1. The van der Waals surface area contributed by atoms with Gasteiger partial charge in [0.05, 0.1) is 11.7 Å². The average molecular weight is 326 g/mol. The second kappa shape index (κ2) is 8.44. The lowest BCUT2D eigenvalue weighted by molar-refractivity contribution is -0.139. The maximum atomic E-state index is 12.3. The molecule has 0 aliphatic carbocycles. The van der Waals surface area contributed by atoms with E-state index < -0.39 is 17.9 Å². The van der Waals surface area contributed by atoms with Crippen LogP contribution >= 0.6 is 11.6 Å². The van der Waals surface area contributed by atoms with Gasteiger partial charge >= 0.3 is 5.97 Å². The standard InChI is InChI=1S/C16H20ClNO4/c1-4-5-6-13(16(20)21)18-15(19)12-9-11(17)7-8-14(12)22-10(2)3/h4-5,7-10,13H,6H2,1-3H3,(H,18,19)(H,20,21)/b5-4+. The van der Waals surface area contributed by atoms with Crippen molar-refractivity contribution in [2.45, 2.75) is 39.3 Å². The summed E-state index contributed by atoms with van der Waals surface area (Å²) in [4.78, 5) is 23.5. The predicted molar refractivity (Wildman–Crippen MR) is 85.5 cm³/mol. The molecule has 2 N–H and O–H groups in total. The third kappa shape index (κ3) is 5.41. The molecule has 1 rings (SSSR count). The molecule has 0 aromatic heterocycles. The van der Waals surface area contributed by atoms with E-state index >= 15 is 0 Å². The fourth-order valence-electron chi connectivity index (χ4n) is 1.77. The molecular formula is C16H20ClNO4. The van der Waals surface area contributed by atoms with Gasteiger partial charge in [-0.25, -0.2) is 4.79 Å². The Morgan fingerprint density at radius 1 is 1.41 bits per heavy atom. The van der Waals surface area contributed by atoms with E-state index in [1.165, 1.54) is 6.07 Å². The van der Waals surface area contributed by atoms with Crippen molar-refractivity contribution in [3.63, 3.8) is 0 Å². The maximum Gasteiger partial charge on any atom is 0.326 e. The zero-order valence-electron chi connectivity index (χ0n) is 12.8. The Hall–Kier alpha value is -2.01. The van der Waals surface area contributed by atoms with Crippen LogP contribution in [0.4, 0.5) is 0 Å². The number of ether oxygens (including phenoxy) is 1. The molecule has 0 saturated carbocycles. The molecular weight excluding hydrogens is 306 g/mol. The van der Waals surface area contributed by atoms with Crippen LogP contribution in [0.1, 0.15) is 37.6 Å². The van der Waals surface area contributed by atoms with Crippen LogP contribution in [0.15, 0.2) is 30.4 Å². The van der Waals surface area contributed by atoms with E-state index in [4.69, 9.17) is 21.4 Å². The molecule has 0 aliphatic heterocycles. The molecule has 120 valence electrons. The lowest BCUT2D eigenvalue weighted by Gasteiger charge is -2.17. The lowest BCUT2D eigenvalue weighted by Crippen LogP contribution is -2.40. The second-order valence-electron chi connectivity index (χ2n) is 4.98. The molecule has 6 heteroatoms. The number of allylic oxidation sites excluding steroid dienone is 1. The Bertz CT molecular complexity index is 569. The predicted octanol–water partition coefficient (Wildman–Crippen LogP) is 3.28. The minimum atomic E-state index is -1.10. The molecule has 0 fully saturated rings. The molecule has 0 heterocycles. The fourth-order valence-corrected chi connectivity index (χ4v) is 1.94. The highest BCUT2D eigenvalue weighted by Gasteiger charge is 2.22. The zero-order valence-corrected chi connectivity index (χ0v) is 13.6. The van der Waals surface area contributed by atoms with Crippen LogP contribution in [0.3, 0.4) is 0 Å². The van der Waals surface area contributed by atoms with E-state index in [9.17, 15) is 9.59 Å². The fraction of sp³-hybridized carbons (Fsp3) is 0.375. The summed E-state index contributed by atoms with van der Waals surface area (Å²) < 4.78 is 5.56. The molecule has 1 atom stereocenters. The van der Waals surface area contributed by atoms with E-state index in [0.717, 1.165) is 0 Å². The summed E-state index contributed by atoms with van der Waals surface area (Å²) in [6, 6.07) is 3.67. The summed E-state index contributed by atoms with van der Waals surface area (Å²) in [5, 5.41) is 12.0. The van der Waals surface area contributed by atoms with Crippen molar-refractivity contribution in [2.24, 2.45) is 0 Å². The first-order chi connectivity index (χ1) is 10.3. The van der Waals surface area contributed by atoms with E-state index in [1.54, 1.807) is 31.2 Å². The highest BCUT2D eigenvalue weighted by atomic mass is 35.5. The number of benzene rings is 1. The Morgan fingerprint density at radius 3 is 2.64 bits per heavy atom. The minimum absolute atomic E-state index is 0.119. The van der Waals surface area contributed by atoms with Crippen LogP contribution in [0.2, 0.25) is 5.02 Å². The summed E-state index contributed by atoms with van der Waals surface area (Å²) in [6.07, 6.45) is 3.50. The lowest BCUT2D eigenvalue weighted by atomic mass is 10.1. The molecule has 1 unspecified atom stereocenters. The van der Waals surface area contributed by atoms with Crippen molar-refractivity contribution in [1.82, 2.24) is 5.32 Å². The van der Waals surface area contributed by atoms with Crippen LogP contribution in [0.25, 0.3) is 0 Å². The number of rotatable bonds is 7. The number of nitrogens with one attached hydrogen (secondary N) is 1. The van der Waals surface area contributed by atoms with E-state index in [2.05, 4.69) is 5.32 Å². The van der Waals surface area contributed by atoms with Crippen LogP contribution in [-0.2, 0) is 4.79 Å². The number of aliphatic carboxylic acids is 1. The van der Waals surface area contributed by atoms with Crippen molar-refractivity contribution in [1.29, 1.82) is 0 Å². The van der Waals surface area contributed by atoms with Gasteiger partial charge in [-0.3, -0.25) is 4.79 Å². The number of hydrogen-bond donors (Lipinski definition) is 2. The number of halogens is 1. The minimum Gasteiger partial charge on any atom is -0.490 e. The SMILES string of the molecule is C/C=C/CC(NC(=O)c1cc(Cl)ccc1OC(C)C)C(=O)O. The smallest absolute Gasteiger partial charge is 0.326 e. The molecule has 0 aliphatic rings. The van der Waals surface area contributed by atoms with Crippen molar-refractivity contribution >= 4 is 23.5 Å². The molecule has 0 spiro atoms. The van der Waals surface area contributed by atoms with Gasteiger partial charge in [0.25, 0.3) is 5.91 Å². The van der Waals surface area contributed by atoms with Gasteiger partial charge in [-0.05, 0) is 45.4 Å². The molecule has 1 aromatic rings. The van der Waals surface area contributed by atoms with E-state index in [0.29, 0.717) is 10.8 Å². The van der Waals surface area contributed by atoms with Crippen molar-refractivity contribution in [3.8, 4) is 5.75 Å². The van der Waals surface area contributed by atoms with E-state index in [1.807, 2.05) is 13.8 Å². The molecule has 0 bridgehead atoms. The van der Waals surface area contributed by atoms with Gasteiger partial charge in [0.1, 0.15) is 11.8 Å². The van der Waals surface area contributed by atoms with Gasteiger partial charge in [0, 0.05) is 5.02 Å². The Morgan fingerprint density at radius 2 is 2.09 bits per heavy atom. The summed E-state index contributed by atoms with van der Waals surface area (Å²) >= 11 is 5.92. The number of hydrogen-bond acceptors (Lipinski definition) is 3.